The molecular weight excluding hydrogens is 348 g/mol. The topological polar surface area (TPSA) is 46.9 Å². The summed E-state index contributed by atoms with van der Waals surface area (Å²) >= 11 is 2.12. The molecule has 0 spiro atoms. The molecule has 1 N–H and O–H groups in total. The van der Waals surface area contributed by atoms with Crippen LogP contribution in [0, 0.1) is 9.39 Å². The van der Waals surface area contributed by atoms with Gasteiger partial charge < -0.3 is 5.32 Å². The van der Waals surface area contributed by atoms with Gasteiger partial charge in [-0.15, -0.1) is 0 Å². The third kappa shape index (κ3) is 3.52. The molecule has 0 saturated carbocycles. The van der Waals surface area contributed by atoms with E-state index in [1.807, 2.05) is 0 Å². The molecule has 0 atom stereocenters. The fourth-order valence-corrected chi connectivity index (χ4v) is 1.91. The van der Waals surface area contributed by atoms with Crippen LogP contribution in [-0.4, -0.2) is 15.7 Å². The van der Waals surface area contributed by atoms with Crippen LogP contribution in [-0.2, 0) is 17.9 Å². The fourth-order valence-electron chi connectivity index (χ4n) is 1.46. The van der Waals surface area contributed by atoms with E-state index in [1.54, 1.807) is 35.3 Å². The van der Waals surface area contributed by atoms with E-state index in [9.17, 15) is 9.18 Å². The van der Waals surface area contributed by atoms with Gasteiger partial charge in [0, 0.05) is 18.3 Å². The molecule has 0 radical (unpaired) electrons. The van der Waals surface area contributed by atoms with E-state index in [4.69, 9.17) is 0 Å². The highest BCUT2D eigenvalue weighted by Crippen LogP contribution is 2.05. The first-order chi connectivity index (χ1) is 8.65. The number of hydrogen-bond acceptors (Lipinski definition) is 2. The number of benzene rings is 1. The van der Waals surface area contributed by atoms with Gasteiger partial charge in [-0.2, -0.15) is 5.10 Å². The van der Waals surface area contributed by atoms with Crippen LogP contribution in [0.1, 0.15) is 5.56 Å². The second-order valence-corrected chi connectivity index (χ2v) is 4.97. The Morgan fingerprint density at radius 2 is 2.22 bits per heavy atom. The van der Waals surface area contributed by atoms with Gasteiger partial charge in [0.15, 0.2) is 0 Å². The van der Waals surface area contributed by atoms with Gasteiger partial charge in [0.05, 0.1) is 9.77 Å². The number of carbonyl (C=O) groups is 1. The number of amides is 1. The van der Waals surface area contributed by atoms with Crippen molar-refractivity contribution in [1.82, 2.24) is 15.1 Å². The van der Waals surface area contributed by atoms with Gasteiger partial charge in [0.2, 0.25) is 5.91 Å². The first-order valence-electron chi connectivity index (χ1n) is 5.33. The summed E-state index contributed by atoms with van der Waals surface area (Å²) in [5.41, 5.74) is 0.473. The van der Waals surface area contributed by atoms with Crippen LogP contribution in [0.4, 0.5) is 4.39 Å². The van der Waals surface area contributed by atoms with E-state index in [2.05, 4.69) is 33.0 Å². The molecule has 1 heterocycles. The van der Waals surface area contributed by atoms with Gasteiger partial charge >= 0.3 is 0 Å². The zero-order valence-corrected chi connectivity index (χ0v) is 11.6. The van der Waals surface area contributed by atoms with E-state index in [1.165, 1.54) is 6.07 Å². The van der Waals surface area contributed by atoms with Gasteiger partial charge in [-0.05, 0) is 28.7 Å². The lowest BCUT2D eigenvalue weighted by Crippen LogP contribution is -2.27. The Labute approximate surface area is 117 Å². The largest absolute Gasteiger partial charge is 0.350 e. The number of carbonyl (C=O) groups excluding carboxylic acids is 1. The maximum absolute atomic E-state index is 13.3. The van der Waals surface area contributed by atoms with Crippen LogP contribution in [0.3, 0.4) is 0 Å². The second kappa shape index (κ2) is 5.94. The lowest BCUT2D eigenvalue weighted by atomic mass is 10.2. The molecule has 94 valence electrons. The number of nitrogens with zero attached hydrogens (tertiary/aromatic N) is 2. The van der Waals surface area contributed by atoms with Crippen molar-refractivity contribution in [3.8, 4) is 0 Å². The molecule has 2 aromatic rings. The van der Waals surface area contributed by atoms with E-state index in [0.29, 0.717) is 5.56 Å². The van der Waals surface area contributed by atoms with E-state index >= 15 is 0 Å². The standard InChI is InChI=1S/C12H11FIN3O/c13-11-4-2-1-3-9(11)5-15-12(18)8-17-7-10(14)6-16-17/h1-4,6-7H,5,8H2,(H,15,18). The van der Waals surface area contributed by atoms with E-state index in [0.717, 1.165) is 3.57 Å². The molecule has 6 heteroatoms. The van der Waals surface area contributed by atoms with Gasteiger partial charge in [0.1, 0.15) is 12.4 Å². The fraction of sp³-hybridized carbons (Fsp3) is 0.167. The SMILES string of the molecule is O=C(Cn1cc(I)cn1)NCc1ccccc1F. The Morgan fingerprint density at radius 3 is 2.89 bits per heavy atom. The van der Waals surface area contributed by atoms with Crippen LogP contribution in [0.5, 0.6) is 0 Å². The summed E-state index contributed by atoms with van der Waals surface area (Å²) in [5, 5.41) is 6.66. The van der Waals surface area contributed by atoms with Crippen molar-refractivity contribution in [2.45, 2.75) is 13.1 Å². The normalized spacial score (nSPS) is 10.3. The van der Waals surface area contributed by atoms with Crippen molar-refractivity contribution >= 4 is 28.5 Å². The van der Waals surface area contributed by atoms with Crippen molar-refractivity contribution in [2.24, 2.45) is 0 Å². The summed E-state index contributed by atoms with van der Waals surface area (Å²) in [6.45, 7) is 0.321. The molecule has 0 fully saturated rings. The minimum absolute atomic E-state index is 0.136. The predicted octanol–water partition coefficient (Wildman–Crippen LogP) is 1.94. The molecule has 0 saturated heterocycles. The highest BCUT2D eigenvalue weighted by molar-refractivity contribution is 14.1. The molecule has 18 heavy (non-hydrogen) atoms. The smallest absolute Gasteiger partial charge is 0.241 e. The van der Waals surface area contributed by atoms with Crippen molar-refractivity contribution in [2.75, 3.05) is 0 Å². The maximum atomic E-state index is 13.3. The zero-order valence-electron chi connectivity index (χ0n) is 9.44. The van der Waals surface area contributed by atoms with Crippen molar-refractivity contribution in [1.29, 1.82) is 0 Å². The molecule has 0 aliphatic carbocycles. The first kappa shape index (κ1) is 13.0. The quantitative estimate of drug-likeness (QED) is 0.849. The summed E-state index contributed by atoms with van der Waals surface area (Å²) in [4.78, 5) is 11.6. The van der Waals surface area contributed by atoms with Crippen LogP contribution >= 0.6 is 22.6 Å². The van der Waals surface area contributed by atoms with Crippen molar-refractivity contribution in [3.05, 3.63) is 51.6 Å². The minimum atomic E-state index is -0.313. The Balaban J connectivity index is 1.87. The third-order valence-corrected chi connectivity index (χ3v) is 2.90. The van der Waals surface area contributed by atoms with Crippen LogP contribution in [0.15, 0.2) is 36.7 Å². The first-order valence-corrected chi connectivity index (χ1v) is 6.41. The summed E-state index contributed by atoms with van der Waals surface area (Å²) < 4.78 is 15.8. The van der Waals surface area contributed by atoms with Crippen molar-refractivity contribution in [3.63, 3.8) is 0 Å². The molecule has 1 aromatic carbocycles. The predicted molar refractivity (Wildman–Crippen MR) is 73.2 cm³/mol. The second-order valence-electron chi connectivity index (χ2n) is 3.72. The molecule has 1 amide bonds. The summed E-state index contributed by atoms with van der Waals surface area (Å²) in [7, 11) is 0. The molecule has 1 aromatic heterocycles. The molecule has 2 rings (SSSR count). The molecule has 0 aliphatic rings. The molecule has 0 unspecified atom stereocenters. The number of rotatable bonds is 4. The van der Waals surface area contributed by atoms with E-state index in [-0.39, 0.29) is 24.8 Å². The summed E-state index contributed by atoms with van der Waals surface area (Å²) in [5.74, 6) is -0.510. The monoisotopic (exact) mass is 359 g/mol. The zero-order chi connectivity index (χ0) is 13.0. The van der Waals surface area contributed by atoms with Crippen molar-refractivity contribution < 1.29 is 9.18 Å². The Bertz CT molecular complexity index is 556. The Hall–Kier alpha value is -1.44. The number of nitrogens with one attached hydrogen (secondary N) is 1. The van der Waals surface area contributed by atoms with Gasteiger partial charge in [-0.25, -0.2) is 4.39 Å². The van der Waals surface area contributed by atoms with Gasteiger partial charge in [-0.1, -0.05) is 18.2 Å². The van der Waals surface area contributed by atoms with Crippen LogP contribution in [0.2, 0.25) is 0 Å². The summed E-state index contributed by atoms with van der Waals surface area (Å²) in [6.07, 6.45) is 3.44. The number of halogens is 2. The molecule has 0 aliphatic heterocycles. The van der Waals surface area contributed by atoms with Crippen LogP contribution in [0.25, 0.3) is 0 Å². The highest BCUT2D eigenvalue weighted by atomic mass is 127. The average Bonchev–Trinajstić information content (AvgIpc) is 2.74. The van der Waals surface area contributed by atoms with Gasteiger partial charge in [0.25, 0.3) is 0 Å². The number of aromatic nitrogens is 2. The van der Waals surface area contributed by atoms with Gasteiger partial charge in [-0.3, -0.25) is 9.48 Å². The molecule has 4 nitrogen and oxygen atoms in total. The highest BCUT2D eigenvalue weighted by Gasteiger charge is 2.05. The van der Waals surface area contributed by atoms with Crippen LogP contribution < -0.4 is 5.32 Å². The maximum Gasteiger partial charge on any atom is 0.241 e. The Morgan fingerprint density at radius 1 is 1.44 bits per heavy atom. The third-order valence-electron chi connectivity index (χ3n) is 2.34. The average molecular weight is 359 g/mol. The van der Waals surface area contributed by atoms with E-state index < -0.39 is 0 Å². The number of hydrogen-bond donors (Lipinski definition) is 1. The Kier molecular flexibility index (Phi) is 4.29. The lowest BCUT2D eigenvalue weighted by Gasteiger charge is -2.06. The molecular formula is C12H11FIN3O. The summed E-state index contributed by atoms with van der Waals surface area (Å²) in [6, 6.07) is 6.37. The lowest BCUT2D eigenvalue weighted by molar-refractivity contribution is -0.122. The minimum Gasteiger partial charge on any atom is -0.350 e. The molecule has 0 bridgehead atoms.